The number of carboxylic acids is 2. The number of hydrogen-bond donors (Lipinski definition) is 6. The van der Waals surface area contributed by atoms with Crippen LogP contribution in [0.2, 0.25) is 0 Å². The third kappa shape index (κ3) is 15.9. The second kappa shape index (κ2) is 21.9. The Kier molecular flexibility index (Phi) is 19.8. The summed E-state index contributed by atoms with van der Waals surface area (Å²) in [5.41, 5.74) is 0. The first kappa shape index (κ1) is 36.2. The van der Waals surface area contributed by atoms with Gasteiger partial charge in [-0.05, 0) is 12.8 Å². The van der Waals surface area contributed by atoms with E-state index in [2.05, 4.69) is 12.2 Å². The molecule has 6 unspecified atom stereocenters. The van der Waals surface area contributed by atoms with Crippen LogP contribution >= 0.6 is 0 Å². The van der Waals surface area contributed by atoms with Gasteiger partial charge in [0.25, 0.3) is 0 Å². The number of hydrogen-bond acceptors (Lipinski definition) is 8. The lowest BCUT2D eigenvalue weighted by molar-refractivity contribution is -0.233. The molecule has 11 nitrogen and oxygen atoms in total. The predicted molar refractivity (Wildman–Crippen MR) is 149 cm³/mol. The van der Waals surface area contributed by atoms with Crippen molar-refractivity contribution in [3.05, 3.63) is 0 Å². The van der Waals surface area contributed by atoms with E-state index in [9.17, 15) is 34.8 Å². The van der Waals surface area contributed by atoms with Crippen molar-refractivity contribution >= 4 is 17.8 Å². The van der Waals surface area contributed by atoms with Crippen LogP contribution in [0.4, 0.5) is 0 Å². The molecule has 11 heteroatoms. The summed E-state index contributed by atoms with van der Waals surface area (Å²) < 4.78 is 11.3. The average molecular weight is 576 g/mol. The molecule has 1 saturated heterocycles. The Morgan fingerprint density at radius 1 is 0.750 bits per heavy atom. The van der Waals surface area contributed by atoms with Crippen LogP contribution in [0, 0.1) is 0 Å². The van der Waals surface area contributed by atoms with Gasteiger partial charge in [-0.3, -0.25) is 9.59 Å². The lowest BCUT2D eigenvalue weighted by atomic mass is 9.93. The van der Waals surface area contributed by atoms with Gasteiger partial charge in [-0.1, -0.05) is 90.4 Å². The molecule has 0 saturated carbocycles. The molecule has 0 aliphatic carbocycles. The Balaban J connectivity index is 2.22. The van der Waals surface area contributed by atoms with E-state index in [-0.39, 0.29) is 13.0 Å². The highest BCUT2D eigenvalue weighted by Gasteiger charge is 2.44. The molecule has 0 aromatic carbocycles. The van der Waals surface area contributed by atoms with Gasteiger partial charge in [0.05, 0.1) is 19.1 Å². The first-order valence-electron chi connectivity index (χ1n) is 15.2. The highest BCUT2D eigenvalue weighted by molar-refractivity contribution is 5.84. The van der Waals surface area contributed by atoms with E-state index in [4.69, 9.17) is 14.6 Å². The van der Waals surface area contributed by atoms with Crippen LogP contribution in [0.3, 0.4) is 0 Å². The zero-order chi connectivity index (χ0) is 29.8. The van der Waals surface area contributed by atoms with E-state index < -0.39 is 67.2 Å². The first-order valence-corrected chi connectivity index (χ1v) is 15.2. The summed E-state index contributed by atoms with van der Waals surface area (Å²) in [5, 5.41) is 50.9. The van der Waals surface area contributed by atoms with Crippen LogP contribution in [0.15, 0.2) is 0 Å². The third-order valence-corrected chi connectivity index (χ3v) is 7.40. The first-order chi connectivity index (χ1) is 19.2. The summed E-state index contributed by atoms with van der Waals surface area (Å²) in [5.74, 6) is -3.36. The SMILES string of the molecule is CCCCCCCCCCCCCCCCOCC1OC(CC(=O)NC(CCC(=O)O)C(=O)O)C(O)C(O)C1O. The number of aliphatic hydroxyl groups is 3. The van der Waals surface area contributed by atoms with Crippen molar-refractivity contribution in [2.75, 3.05) is 13.2 Å². The Morgan fingerprint density at radius 3 is 1.75 bits per heavy atom. The van der Waals surface area contributed by atoms with Crippen LogP contribution < -0.4 is 5.32 Å². The summed E-state index contributed by atoms with van der Waals surface area (Å²) in [4.78, 5) is 34.4. The molecule has 0 spiro atoms. The maximum Gasteiger partial charge on any atom is 0.326 e. The second-order valence-electron chi connectivity index (χ2n) is 11.0. The van der Waals surface area contributed by atoms with Gasteiger partial charge in [0, 0.05) is 13.0 Å². The maximum absolute atomic E-state index is 12.3. The lowest BCUT2D eigenvalue weighted by Crippen LogP contribution is -2.59. The van der Waals surface area contributed by atoms with Gasteiger partial charge in [0.15, 0.2) is 0 Å². The molecule has 0 radical (unpaired) electrons. The summed E-state index contributed by atoms with van der Waals surface area (Å²) >= 11 is 0. The molecule has 1 amide bonds. The van der Waals surface area contributed by atoms with E-state index in [1.807, 2.05) is 0 Å². The van der Waals surface area contributed by atoms with Crippen LogP contribution in [0.1, 0.15) is 116 Å². The molecule has 1 aliphatic rings. The highest BCUT2D eigenvalue weighted by Crippen LogP contribution is 2.24. The largest absolute Gasteiger partial charge is 0.481 e. The van der Waals surface area contributed by atoms with E-state index in [1.165, 1.54) is 70.6 Å². The van der Waals surface area contributed by atoms with Crippen molar-refractivity contribution in [1.82, 2.24) is 5.32 Å². The van der Waals surface area contributed by atoms with Crippen LogP contribution in [-0.4, -0.2) is 93.2 Å². The predicted octanol–water partition coefficient (Wildman–Crippen LogP) is 3.16. The number of nitrogens with one attached hydrogen (secondary N) is 1. The number of amides is 1. The molecule has 0 aromatic heterocycles. The fraction of sp³-hybridized carbons (Fsp3) is 0.897. The van der Waals surface area contributed by atoms with E-state index >= 15 is 0 Å². The minimum absolute atomic E-state index is 0.0299. The number of carboxylic acid groups (broad SMARTS) is 2. The number of carbonyl (C=O) groups excluding carboxylic acids is 1. The van der Waals surface area contributed by atoms with Gasteiger partial charge >= 0.3 is 11.9 Å². The van der Waals surface area contributed by atoms with Gasteiger partial charge < -0.3 is 40.3 Å². The monoisotopic (exact) mass is 575 g/mol. The maximum atomic E-state index is 12.3. The minimum Gasteiger partial charge on any atom is -0.481 e. The summed E-state index contributed by atoms with van der Waals surface area (Å²) in [7, 11) is 0. The van der Waals surface area contributed by atoms with Gasteiger partial charge in [-0.2, -0.15) is 0 Å². The third-order valence-electron chi connectivity index (χ3n) is 7.40. The molecule has 6 N–H and O–H groups in total. The van der Waals surface area contributed by atoms with Crippen molar-refractivity contribution in [3.8, 4) is 0 Å². The average Bonchev–Trinajstić information content (AvgIpc) is 2.91. The standard InChI is InChI=1S/C29H53NO10/c1-2-3-4-5-6-7-8-9-10-11-12-13-14-15-18-39-20-23-27(35)28(36)26(34)22(40-23)19-24(31)30-21(29(37)38)16-17-25(32)33/h21-23,26-28,34-36H,2-20H2,1H3,(H,30,31)(H,32,33)(H,37,38). The second-order valence-corrected chi connectivity index (χ2v) is 11.0. The van der Waals surface area contributed by atoms with E-state index in [1.54, 1.807) is 0 Å². The normalized spacial score (nSPS) is 23.6. The number of aliphatic carboxylic acids is 2. The van der Waals surface area contributed by atoms with Crippen LogP contribution in [0.25, 0.3) is 0 Å². The van der Waals surface area contributed by atoms with Crippen LogP contribution in [-0.2, 0) is 23.9 Å². The van der Waals surface area contributed by atoms with Gasteiger partial charge in [0.2, 0.25) is 5.91 Å². The Labute approximate surface area is 238 Å². The molecule has 0 aromatic rings. The number of ether oxygens (including phenoxy) is 2. The number of unbranched alkanes of at least 4 members (excludes halogenated alkanes) is 13. The zero-order valence-electron chi connectivity index (χ0n) is 24.2. The van der Waals surface area contributed by atoms with E-state index in [0.717, 1.165) is 19.3 Å². The molecule has 1 heterocycles. The van der Waals surface area contributed by atoms with Crippen molar-refractivity contribution in [1.29, 1.82) is 0 Å². The van der Waals surface area contributed by atoms with Crippen molar-refractivity contribution < 1.29 is 49.4 Å². The Hall–Kier alpha value is -1.79. The molecule has 1 fully saturated rings. The molecule has 1 aliphatic heterocycles. The quantitative estimate of drug-likeness (QED) is 0.0935. The number of aliphatic hydroxyl groups excluding tert-OH is 3. The van der Waals surface area contributed by atoms with Gasteiger partial charge in [-0.15, -0.1) is 0 Å². The van der Waals surface area contributed by atoms with Crippen LogP contribution in [0.5, 0.6) is 0 Å². The van der Waals surface area contributed by atoms with Gasteiger partial charge in [0.1, 0.15) is 30.5 Å². The van der Waals surface area contributed by atoms with Crippen molar-refractivity contribution in [2.45, 2.75) is 153 Å². The molecule has 1 rings (SSSR count). The summed E-state index contributed by atoms with van der Waals surface area (Å²) in [6.45, 7) is 2.67. The van der Waals surface area contributed by atoms with Gasteiger partial charge in [-0.25, -0.2) is 4.79 Å². The molecule has 234 valence electrons. The molecular weight excluding hydrogens is 522 g/mol. The molecular formula is C29H53NO10. The lowest BCUT2D eigenvalue weighted by Gasteiger charge is -2.40. The molecule has 40 heavy (non-hydrogen) atoms. The Bertz CT molecular complexity index is 706. The minimum atomic E-state index is -1.57. The van der Waals surface area contributed by atoms with Crippen molar-refractivity contribution in [3.63, 3.8) is 0 Å². The summed E-state index contributed by atoms with van der Waals surface area (Å²) in [6, 6.07) is -1.41. The van der Waals surface area contributed by atoms with Crippen molar-refractivity contribution in [2.24, 2.45) is 0 Å². The summed E-state index contributed by atoms with van der Waals surface area (Å²) in [6.07, 6.45) is 9.58. The fourth-order valence-electron chi connectivity index (χ4n) is 4.89. The highest BCUT2D eigenvalue weighted by atomic mass is 16.6. The smallest absolute Gasteiger partial charge is 0.326 e. The topological polar surface area (TPSA) is 183 Å². The molecule has 0 bridgehead atoms. The number of carbonyl (C=O) groups is 3. The number of rotatable bonds is 24. The Morgan fingerprint density at radius 2 is 1.25 bits per heavy atom. The fourth-order valence-corrected chi connectivity index (χ4v) is 4.89. The molecule has 6 atom stereocenters. The van der Waals surface area contributed by atoms with E-state index in [0.29, 0.717) is 6.61 Å². The zero-order valence-corrected chi connectivity index (χ0v) is 24.2.